The van der Waals surface area contributed by atoms with Gasteiger partial charge in [-0.3, -0.25) is 0 Å². The molecule has 3 aliphatic rings. The Balaban J connectivity index is 2.33. The minimum atomic E-state index is -3.80. The van der Waals surface area contributed by atoms with Crippen LogP contribution in [0.1, 0.15) is 31.1 Å². The predicted octanol–water partition coefficient (Wildman–Crippen LogP) is 0.169. The molecule has 4 rings (SSSR count). The summed E-state index contributed by atoms with van der Waals surface area (Å²) in [7, 11) is 0. The molecule has 0 saturated heterocycles. The number of fused-ring (bicyclic) bond motifs is 3. The van der Waals surface area contributed by atoms with Crippen LogP contribution in [0.5, 0.6) is 0 Å². The van der Waals surface area contributed by atoms with Crippen LogP contribution in [0, 0.1) is 0 Å². The molecule has 1 aromatic carbocycles. The van der Waals surface area contributed by atoms with Crippen LogP contribution >= 0.6 is 0 Å². The topological polar surface area (TPSA) is 78.9 Å². The molecule has 16 heavy (non-hydrogen) atoms. The van der Waals surface area contributed by atoms with Crippen LogP contribution in [-0.4, -0.2) is 42.0 Å². The Bertz CT molecular complexity index is 448. The van der Waals surface area contributed by atoms with Crippen molar-refractivity contribution in [3.63, 3.8) is 0 Å². The van der Waals surface area contributed by atoms with E-state index >= 15 is 0 Å². The molecule has 6 nitrogen and oxygen atoms in total. The summed E-state index contributed by atoms with van der Waals surface area (Å²) in [6.45, 7) is 0. The quantitative estimate of drug-likeness (QED) is 0.564. The zero-order chi connectivity index (χ0) is 11.3. The van der Waals surface area contributed by atoms with Crippen LogP contribution in [0.25, 0.3) is 0 Å². The van der Waals surface area contributed by atoms with Gasteiger partial charge in [0, 0.05) is 0 Å². The monoisotopic (exact) mass is 415 g/mol. The average Bonchev–Trinajstić information content (AvgIpc) is 2.26. The summed E-state index contributed by atoms with van der Waals surface area (Å²) in [5.74, 6) is -1.82. The summed E-state index contributed by atoms with van der Waals surface area (Å²) in [4.78, 5) is 34.5. The van der Waals surface area contributed by atoms with Crippen molar-refractivity contribution in [2.45, 2.75) is 0 Å². The van der Waals surface area contributed by atoms with Gasteiger partial charge in [0.05, 0.1) is 0 Å². The van der Waals surface area contributed by atoms with Gasteiger partial charge in [0.15, 0.2) is 0 Å². The Hall–Kier alpha value is -1.45. The van der Waals surface area contributed by atoms with E-state index in [1.54, 1.807) is 0 Å². The molecule has 4 bridgehead atoms. The Kier molecular flexibility index (Phi) is 1.99. The van der Waals surface area contributed by atoms with Gasteiger partial charge in [-0.05, 0) is 0 Å². The van der Waals surface area contributed by atoms with E-state index in [1.165, 1.54) is 18.2 Å². The molecule has 3 aliphatic heterocycles. The normalized spacial score (nSPS) is 18.4. The van der Waals surface area contributed by atoms with Crippen molar-refractivity contribution in [3.05, 3.63) is 34.9 Å². The van der Waals surface area contributed by atoms with Crippen molar-refractivity contribution < 1.29 is 22.4 Å². The molecule has 0 N–H and O–H groups in total. The van der Waals surface area contributed by atoms with E-state index in [2.05, 4.69) is 0 Å². The third kappa shape index (κ3) is 1.40. The van der Waals surface area contributed by atoms with Gasteiger partial charge in [-0.1, -0.05) is 0 Å². The second kappa shape index (κ2) is 3.27. The first-order chi connectivity index (χ1) is 7.63. The SMILES string of the molecule is O=C1[O][Pb]2[O]C(=O)c3cc1cc(c3)C(=O)[O]2. The number of rotatable bonds is 0. The third-order valence-corrected chi connectivity index (χ3v) is 6.27. The van der Waals surface area contributed by atoms with Crippen molar-refractivity contribution in [1.82, 2.24) is 0 Å². The maximum absolute atomic E-state index is 11.5. The molecule has 79 valence electrons. The van der Waals surface area contributed by atoms with E-state index in [4.69, 9.17) is 8.06 Å². The van der Waals surface area contributed by atoms with Crippen molar-refractivity contribution in [3.8, 4) is 0 Å². The fourth-order valence-corrected chi connectivity index (χ4v) is 5.07. The molecule has 3 heterocycles. The fourth-order valence-electron chi connectivity index (χ4n) is 1.45. The zero-order valence-corrected chi connectivity index (χ0v) is 11.6. The van der Waals surface area contributed by atoms with E-state index in [-0.39, 0.29) is 16.7 Å². The second-order valence-electron chi connectivity index (χ2n) is 3.22. The van der Waals surface area contributed by atoms with Crippen LogP contribution in [-0.2, 0) is 8.06 Å². The summed E-state index contributed by atoms with van der Waals surface area (Å²) in [5.41, 5.74) is 0.551. The Morgan fingerprint density at radius 3 is 1.31 bits per heavy atom. The molecule has 1 aromatic rings. The Morgan fingerprint density at radius 2 is 1.00 bits per heavy atom. The summed E-state index contributed by atoms with van der Waals surface area (Å²) < 4.78 is 14.6. The van der Waals surface area contributed by atoms with Crippen LogP contribution in [0.2, 0.25) is 0 Å². The molecule has 0 spiro atoms. The van der Waals surface area contributed by atoms with Crippen molar-refractivity contribution in [2.24, 2.45) is 0 Å². The van der Waals surface area contributed by atoms with Gasteiger partial charge in [0.2, 0.25) is 0 Å². The first-order valence-corrected chi connectivity index (χ1v) is 9.08. The molecular weight excluding hydrogens is 411 g/mol. The van der Waals surface area contributed by atoms with E-state index in [0.717, 1.165) is 0 Å². The summed E-state index contributed by atoms with van der Waals surface area (Å²) in [6.07, 6.45) is 0. The molecule has 0 saturated carbocycles. The van der Waals surface area contributed by atoms with Gasteiger partial charge in [-0.15, -0.1) is 0 Å². The number of carbonyl (C=O) groups is 3. The number of benzene rings is 1. The molecular formula is C9H3O6Pb. The molecule has 0 atom stereocenters. The number of hydrogen-bond donors (Lipinski definition) is 0. The van der Waals surface area contributed by atoms with Crippen LogP contribution in [0.4, 0.5) is 0 Å². The molecule has 0 aromatic heterocycles. The molecule has 0 amide bonds. The van der Waals surface area contributed by atoms with E-state index in [1.807, 2.05) is 0 Å². The van der Waals surface area contributed by atoms with Gasteiger partial charge in [0.25, 0.3) is 0 Å². The average molecular weight is 414 g/mol. The molecule has 7 heteroatoms. The van der Waals surface area contributed by atoms with Crippen molar-refractivity contribution in [2.75, 3.05) is 0 Å². The Morgan fingerprint density at radius 1 is 0.688 bits per heavy atom. The van der Waals surface area contributed by atoms with Gasteiger partial charge in [-0.25, -0.2) is 0 Å². The zero-order valence-electron chi connectivity index (χ0n) is 7.68. The van der Waals surface area contributed by atoms with Gasteiger partial charge in [0.1, 0.15) is 0 Å². The van der Waals surface area contributed by atoms with Gasteiger partial charge < -0.3 is 0 Å². The van der Waals surface area contributed by atoms with Gasteiger partial charge >= 0.3 is 99.3 Å². The van der Waals surface area contributed by atoms with Crippen LogP contribution in [0.15, 0.2) is 18.2 Å². The van der Waals surface area contributed by atoms with Gasteiger partial charge in [-0.2, -0.15) is 0 Å². The molecule has 1 radical (unpaired) electrons. The third-order valence-electron chi connectivity index (χ3n) is 2.17. The van der Waals surface area contributed by atoms with E-state index in [0.29, 0.717) is 0 Å². The van der Waals surface area contributed by atoms with Crippen molar-refractivity contribution >= 4 is 42.0 Å². The standard InChI is InChI=1S/C9H6O6.Pb/c10-7(11)4-1-5(8(12)13)3-6(2-4)9(14)15;/h1-3H,(H,10,11)(H,12,13)(H,14,15);/q;+3/p-3. The Labute approximate surface area is 99.2 Å². The summed E-state index contributed by atoms with van der Waals surface area (Å²) in [6, 6.07) is 4.03. The number of hydrogen-bond acceptors (Lipinski definition) is 6. The minimum absolute atomic E-state index is 0.184. The summed E-state index contributed by atoms with van der Waals surface area (Å²) in [5, 5.41) is 0. The molecule has 0 fully saturated rings. The fraction of sp³-hybridized carbons (Fsp3) is 0. The first-order valence-electron chi connectivity index (χ1n) is 4.32. The van der Waals surface area contributed by atoms with E-state index < -0.39 is 42.0 Å². The van der Waals surface area contributed by atoms with Crippen LogP contribution in [0.3, 0.4) is 0 Å². The first kappa shape index (κ1) is 9.76. The molecule has 0 aliphatic carbocycles. The van der Waals surface area contributed by atoms with Crippen molar-refractivity contribution in [1.29, 1.82) is 0 Å². The second-order valence-corrected chi connectivity index (χ2v) is 7.54. The maximum atomic E-state index is 11.5. The van der Waals surface area contributed by atoms with E-state index in [9.17, 15) is 14.4 Å². The predicted molar refractivity (Wildman–Crippen MR) is 48.4 cm³/mol. The number of carbonyl (C=O) groups excluding carboxylic acids is 3. The van der Waals surface area contributed by atoms with Crippen LogP contribution < -0.4 is 0 Å². The molecule has 0 unspecified atom stereocenters. The summed E-state index contributed by atoms with van der Waals surface area (Å²) >= 11 is -3.80.